The Morgan fingerprint density at radius 1 is 1.36 bits per heavy atom. The van der Waals surface area contributed by atoms with Crippen molar-refractivity contribution >= 4 is 17.6 Å². The maximum atomic E-state index is 12.2. The number of likely N-dealkylation sites (N-methyl/N-ethyl adjacent to an activating group) is 1. The minimum absolute atomic E-state index is 0.106. The number of carbonyl (C=O) groups is 1. The lowest BCUT2D eigenvalue weighted by molar-refractivity contribution is -0.117. The highest BCUT2D eigenvalue weighted by Crippen LogP contribution is 2.20. The van der Waals surface area contributed by atoms with Gasteiger partial charge in [-0.15, -0.1) is 5.10 Å². The lowest BCUT2D eigenvalue weighted by atomic mass is 10.0. The quantitative estimate of drug-likeness (QED) is 0.882. The Balaban J connectivity index is 1.55. The first-order valence-electron chi connectivity index (χ1n) is 8.50. The first-order chi connectivity index (χ1) is 12.0. The van der Waals surface area contributed by atoms with Crippen LogP contribution in [0.25, 0.3) is 0 Å². The second kappa shape index (κ2) is 7.60. The fraction of sp³-hybridized carbons (Fsp3) is 0.529. The van der Waals surface area contributed by atoms with Crippen LogP contribution >= 0.6 is 0 Å². The summed E-state index contributed by atoms with van der Waals surface area (Å²) in [6.07, 6.45) is 2.12. The van der Waals surface area contributed by atoms with Crippen molar-refractivity contribution in [1.82, 2.24) is 20.3 Å². The molecule has 1 N–H and O–H groups in total. The molecule has 0 unspecified atom stereocenters. The molecule has 0 aromatic carbocycles. The summed E-state index contributed by atoms with van der Waals surface area (Å²) < 4.78 is 5.02. The Labute approximate surface area is 147 Å². The molecule has 0 radical (unpaired) electrons. The van der Waals surface area contributed by atoms with Gasteiger partial charge in [-0.2, -0.15) is 5.10 Å². The molecule has 0 aliphatic carbocycles. The fourth-order valence-corrected chi connectivity index (χ4v) is 3.04. The zero-order valence-corrected chi connectivity index (χ0v) is 14.9. The molecule has 0 saturated carbocycles. The van der Waals surface area contributed by atoms with Gasteiger partial charge in [0.2, 0.25) is 11.8 Å². The number of hydrogen-bond donors (Lipinski definition) is 1. The van der Waals surface area contributed by atoms with Crippen molar-refractivity contribution < 1.29 is 9.32 Å². The molecular weight excluding hydrogens is 320 g/mol. The van der Waals surface area contributed by atoms with Crippen molar-refractivity contribution in [2.24, 2.45) is 0 Å². The Morgan fingerprint density at radius 2 is 2.20 bits per heavy atom. The molecular formula is C17H24N6O2. The van der Waals surface area contributed by atoms with Crippen molar-refractivity contribution in [3.63, 3.8) is 0 Å². The van der Waals surface area contributed by atoms with Crippen molar-refractivity contribution in [1.29, 1.82) is 0 Å². The minimum Gasteiger partial charge on any atom is -0.354 e. The normalized spacial score (nSPS) is 17.8. The van der Waals surface area contributed by atoms with Gasteiger partial charge in [0.05, 0.1) is 17.9 Å². The molecule has 1 aliphatic rings. The molecule has 0 bridgehead atoms. The Kier molecular flexibility index (Phi) is 5.28. The van der Waals surface area contributed by atoms with Crippen molar-refractivity contribution in [2.75, 3.05) is 36.9 Å². The summed E-state index contributed by atoms with van der Waals surface area (Å²) in [4.78, 5) is 16.5. The largest absolute Gasteiger partial charge is 0.354 e. The average molecular weight is 344 g/mol. The van der Waals surface area contributed by atoms with Crippen LogP contribution in [0.15, 0.2) is 22.7 Å². The van der Waals surface area contributed by atoms with E-state index in [1.54, 1.807) is 6.07 Å². The van der Waals surface area contributed by atoms with Gasteiger partial charge in [-0.3, -0.25) is 15.0 Å². The van der Waals surface area contributed by atoms with Gasteiger partial charge in [0.15, 0.2) is 5.82 Å². The summed E-state index contributed by atoms with van der Waals surface area (Å²) >= 11 is 0. The van der Waals surface area contributed by atoms with Crippen molar-refractivity contribution in [3.05, 3.63) is 29.6 Å². The van der Waals surface area contributed by atoms with Crippen LogP contribution in [0.1, 0.15) is 24.2 Å². The first-order valence-corrected chi connectivity index (χ1v) is 8.50. The van der Waals surface area contributed by atoms with Crippen LogP contribution in [0.3, 0.4) is 0 Å². The van der Waals surface area contributed by atoms with Crippen LogP contribution < -0.4 is 10.2 Å². The van der Waals surface area contributed by atoms with E-state index in [1.165, 1.54) is 0 Å². The van der Waals surface area contributed by atoms with Crippen LogP contribution in [-0.4, -0.2) is 58.9 Å². The second-order valence-corrected chi connectivity index (χ2v) is 6.57. The van der Waals surface area contributed by atoms with Gasteiger partial charge >= 0.3 is 0 Å². The fourth-order valence-electron chi connectivity index (χ4n) is 3.04. The van der Waals surface area contributed by atoms with E-state index in [2.05, 4.69) is 30.5 Å². The van der Waals surface area contributed by atoms with Crippen LogP contribution in [0.2, 0.25) is 0 Å². The molecule has 1 fully saturated rings. The molecule has 1 aliphatic heterocycles. The van der Waals surface area contributed by atoms with E-state index in [0.29, 0.717) is 18.5 Å². The summed E-state index contributed by atoms with van der Waals surface area (Å²) in [5, 5.41) is 14.9. The minimum atomic E-state index is -0.106. The number of piperidine rings is 1. The Morgan fingerprint density at radius 3 is 2.88 bits per heavy atom. The van der Waals surface area contributed by atoms with Gasteiger partial charge in [-0.25, -0.2) is 0 Å². The number of anilines is 2. The monoisotopic (exact) mass is 344 g/mol. The smallest absolute Gasteiger partial charge is 0.240 e. The number of carbonyl (C=O) groups excluding carboxylic acids is 1. The maximum absolute atomic E-state index is 12.2. The SMILES string of the molecule is Cc1ccc(N2CCC[C@@H](N(C)CC(=O)Nc3cc(C)no3)C2)nn1. The summed E-state index contributed by atoms with van der Waals surface area (Å²) in [5.41, 5.74) is 1.65. The summed E-state index contributed by atoms with van der Waals surface area (Å²) in [7, 11) is 1.97. The first kappa shape index (κ1) is 17.3. The van der Waals surface area contributed by atoms with E-state index < -0.39 is 0 Å². The van der Waals surface area contributed by atoms with Gasteiger partial charge in [0.25, 0.3) is 0 Å². The molecule has 3 rings (SSSR count). The van der Waals surface area contributed by atoms with Gasteiger partial charge < -0.3 is 9.42 Å². The second-order valence-electron chi connectivity index (χ2n) is 6.57. The van der Waals surface area contributed by atoms with Crippen molar-refractivity contribution in [3.8, 4) is 0 Å². The summed E-state index contributed by atoms with van der Waals surface area (Å²) in [6, 6.07) is 5.97. The molecule has 8 heteroatoms. The standard InChI is InChI=1S/C17H24N6O2/c1-12-6-7-15(20-19-12)23-8-4-5-14(10-23)22(3)11-16(24)18-17-9-13(2)21-25-17/h6-7,9,14H,4-5,8,10-11H2,1-3H3,(H,18,24)/t14-/m1/s1. The van der Waals surface area contributed by atoms with Gasteiger partial charge in [-0.05, 0) is 45.9 Å². The molecule has 1 saturated heterocycles. The molecule has 2 aromatic heterocycles. The average Bonchev–Trinajstić information content (AvgIpc) is 3.00. The zero-order chi connectivity index (χ0) is 17.8. The Bertz CT molecular complexity index is 714. The lowest BCUT2D eigenvalue weighted by Gasteiger charge is -2.37. The summed E-state index contributed by atoms with van der Waals surface area (Å²) in [6.45, 7) is 5.85. The molecule has 0 spiro atoms. The predicted octanol–water partition coefficient (Wildman–Crippen LogP) is 1.62. The van der Waals surface area contributed by atoms with E-state index in [0.717, 1.165) is 43.1 Å². The molecule has 2 aromatic rings. The number of nitrogens with zero attached hydrogens (tertiary/aromatic N) is 5. The van der Waals surface area contributed by atoms with E-state index in [4.69, 9.17) is 4.52 Å². The van der Waals surface area contributed by atoms with Crippen LogP contribution in [0.4, 0.5) is 11.7 Å². The van der Waals surface area contributed by atoms with Gasteiger partial charge in [0, 0.05) is 25.2 Å². The van der Waals surface area contributed by atoms with Gasteiger partial charge in [0.1, 0.15) is 0 Å². The number of aryl methyl sites for hydroxylation is 2. The number of amides is 1. The molecule has 134 valence electrons. The topological polar surface area (TPSA) is 87.4 Å². The molecule has 1 amide bonds. The molecule has 8 nitrogen and oxygen atoms in total. The molecule has 25 heavy (non-hydrogen) atoms. The van der Waals surface area contributed by atoms with E-state index in [1.807, 2.05) is 33.0 Å². The highest BCUT2D eigenvalue weighted by atomic mass is 16.5. The summed E-state index contributed by atoms with van der Waals surface area (Å²) in [5.74, 6) is 1.17. The number of rotatable bonds is 5. The van der Waals surface area contributed by atoms with Gasteiger partial charge in [-0.1, -0.05) is 5.16 Å². The number of hydrogen-bond acceptors (Lipinski definition) is 7. The maximum Gasteiger partial charge on any atom is 0.240 e. The van der Waals surface area contributed by atoms with Crippen LogP contribution in [0, 0.1) is 13.8 Å². The Hall–Kier alpha value is -2.48. The number of aromatic nitrogens is 3. The van der Waals surface area contributed by atoms with Crippen LogP contribution in [-0.2, 0) is 4.79 Å². The van der Waals surface area contributed by atoms with E-state index in [9.17, 15) is 4.79 Å². The third-order valence-electron chi connectivity index (χ3n) is 4.41. The van der Waals surface area contributed by atoms with E-state index >= 15 is 0 Å². The van der Waals surface area contributed by atoms with Crippen LogP contribution in [0.5, 0.6) is 0 Å². The highest BCUT2D eigenvalue weighted by Gasteiger charge is 2.25. The molecule has 3 heterocycles. The number of nitrogens with one attached hydrogen (secondary N) is 1. The highest BCUT2D eigenvalue weighted by molar-refractivity contribution is 5.90. The predicted molar refractivity (Wildman–Crippen MR) is 94.5 cm³/mol. The van der Waals surface area contributed by atoms with E-state index in [-0.39, 0.29) is 5.91 Å². The third kappa shape index (κ3) is 4.54. The third-order valence-corrected chi connectivity index (χ3v) is 4.41. The molecule has 1 atom stereocenters. The van der Waals surface area contributed by atoms with Crippen molar-refractivity contribution in [2.45, 2.75) is 32.7 Å². The zero-order valence-electron chi connectivity index (χ0n) is 14.9. The lowest BCUT2D eigenvalue weighted by Crippen LogP contribution is -2.48.